The van der Waals surface area contributed by atoms with Crippen molar-refractivity contribution in [3.8, 4) is 11.6 Å². The van der Waals surface area contributed by atoms with Crippen LogP contribution in [0.4, 0.5) is 10.2 Å². The van der Waals surface area contributed by atoms with Crippen LogP contribution in [0.15, 0.2) is 54.9 Å². The van der Waals surface area contributed by atoms with Gasteiger partial charge < -0.3 is 14.5 Å². The Bertz CT molecular complexity index is 1050. The summed E-state index contributed by atoms with van der Waals surface area (Å²) in [5.74, 6) is 0.701. The van der Waals surface area contributed by atoms with Gasteiger partial charge in [-0.2, -0.15) is 0 Å². The largest absolute Gasteiger partial charge is 0.436 e. The van der Waals surface area contributed by atoms with Crippen LogP contribution in [-0.4, -0.2) is 47.0 Å². The smallest absolute Gasteiger partial charge is 0.253 e. The number of halogens is 1. The van der Waals surface area contributed by atoms with E-state index >= 15 is 0 Å². The van der Waals surface area contributed by atoms with Gasteiger partial charge in [0, 0.05) is 37.8 Å². The van der Waals surface area contributed by atoms with Crippen molar-refractivity contribution in [2.24, 2.45) is 0 Å². The molecule has 1 amide bonds. The number of nitrogens with zero attached hydrogens (tertiary/aromatic N) is 4. The fourth-order valence-corrected chi connectivity index (χ4v) is 3.38. The predicted molar refractivity (Wildman–Crippen MR) is 113 cm³/mol. The van der Waals surface area contributed by atoms with Gasteiger partial charge in [-0.25, -0.2) is 14.4 Å². The van der Waals surface area contributed by atoms with Crippen molar-refractivity contribution < 1.29 is 13.9 Å². The summed E-state index contributed by atoms with van der Waals surface area (Å²) in [7, 11) is 0. The van der Waals surface area contributed by atoms with Crippen LogP contribution in [0.5, 0.6) is 11.6 Å². The molecule has 3 aromatic rings. The Morgan fingerprint density at radius 1 is 0.933 bits per heavy atom. The lowest BCUT2D eigenvalue weighted by atomic mass is 10.1. The molecule has 1 aliphatic rings. The van der Waals surface area contributed by atoms with Gasteiger partial charge in [-0.05, 0) is 43.7 Å². The lowest BCUT2D eigenvalue weighted by molar-refractivity contribution is 0.0746. The Labute approximate surface area is 174 Å². The Balaban J connectivity index is 1.41. The molecule has 1 fully saturated rings. The van der Waals surface area contributed by atoms with E-state index in [0.29, 0.717) is 37.6 Å². The maximum Gasteiger partial charge on any atom is 0.253 e. The Hall–Kier alpha value is -3.48. The van der Waals surface area contributed by atoms with E-state index < -0.39 is 5.82 Å². The zero-order valence-electron chi connectivity index (χ0n) is 17.0. The van der Waals surface area contributed by atoms with E-state index in [4.69, 9.17) is 4.74 Å². The van der Waals surface area contributed by atoms with Crippen LogP contribution in [0.2, 0.25) is 0 Å². The summed E-state index contributed by atoms with van der Waals surface area (Å²) >= 11 is 0. The molecule has 0 bridgehead atoms. The molecule has 154 valence electrons. The Morgan fingerprint density at radius 3 is 2.37 bits per heavy atom. The van der Waals surface area contributed by atoms with Crippen molar-refractivity contribution >= 4 is 11.7 Å². The van der Waals surface area contributed by atoms with Crippen molar-refractivity contribution in [3.05, 3.63) is 77.4 Å². The molecule has 7 heteroatoms. The number of hydrogen-bond acceptors (Lipinski definition) is 5. The standard InChI is InChI=1S/C23H23FN4O2/c1-16-3-6-18(7-4-16)23(29)28-11-9-27(10-12-28)21-14-22(26-15-25-21)30-20-13-17(2)5-8-19(20)24/h3-8,13-15H,9-12H2,1-2H3. The van der Waals surface area contributed by atoms with E-state index in [9.17, 15) is 9.18 Å². The number of rotatable bonds is 4. The average molecular weight is 406 g/mol. The van der Waals surface area contributed by atoms with Crippen molar-refractivity contribution in [2.45, 2.75) is 13.8 Å². The molecule has 30 heavy (non-hydrogen) atoms. The van der Waals surface area contributed by atoms with Gasteiger partial charge in [0.1, 0.15) is 12.1 Å². The van der Waals surface area contributed by atoms with Gasteiger partial charge >= 0.3 is 0 Å². The summed E-state index contributed by atoms with van der Waals surface area (Å²) in [4.78, 5) is 25.0. The highest BCUT2D eigenvalue weighted by atomic mass is 19.1. The van der Waals surface area contributed by atoms with Crippen LogP contribution >= 0.6 is 0 Å². The third-order valence-electron chi connectivity index (χ3n) is 5.12. The number of amides is 1. The molecule has 1 aliphatic heterocycles. The zero-order valence-corrected chi connectivity index (χ0v) is 17.0. The van der Waals surface area contributed by atoms with Crippen molar-refractivity contribution in [1.29, 1.82) is 0 Å². The van der Waals surface area contributed by atoms with Gasteiger partial charge in [0.15, 0.2) is 11.6 Å². The molecular weight excluding hydrogens is 383 g/mol. The van der Waals surface area contributed by atoms with E-state index in [2.05, 4.69) is 14.9 Å². The number of hydrogen-bond donors (Lipinski definition) is 0. The highest BCUT2D eigenvalue weighted by molar-refractivity contribution is 5.94. The molecule has 1 aromatic heterocycles. The Morgan fingerprint density at radius 2 is 1.63 bits per heavy atom. The maximum absolute atomic E-state index is 14.0. The quantitative estimate of drug-likeness (QED) is 0.656. The third-order valence-corrected chi connectivity index (χ3v) is 5.12. The van der Waals surface area contributed by atoms with Crippen LogP contribution in [-0.2, 0) is 0 Å². The van der Waals surface area contributed by atoms with Crippen LogP contribution < -0.4 is 9.64 Å². The fraction of sp³-hybridized carbons (Fsp3) is 0.261. The van der Waals surface area contributed by atoms with E-state index in [1.54, 1.807) is 18.2 Å². The highest BCUT2D eigenvalue weighted by Crippen LogP contribution is 2.26. The van der Waals surface area contributed by atoms with E-state index in [1.165, 1.54) is 12.4 Å². The molecule has 0 unspecified atom stereocenters. The minimum Gasteiger partial charge on any atom is -0.436 e. The van der Waals surface area contributed by atoms with Gasteiger partial charge in [0.25, 0.3) is 5.91 Å². The number of aryl methyl sites for hydroxylation is 2. The van der Waals surface area contributed by atoms with Crippen molar-refractivity contribution in [2.75, 3.05) is 31.1 Å². The average Bonchev–Trinajstić information content (AvgIpc) is 2.77. The second-order valence-electron chi connectivity index (χ2n) is 7.40. The van der Waals surface area contributed by atoms with Crippen LogP contribution in [0, 0.1) is 19.7 Å². The number of anilines is 1. The van der Waals surface area contributed by atoms with Gasteiger partial charge in [-0.3, -0.25) is 4.79 Å². The Kier molecular flexibility index (Phi) is 5.61. The number of ether oxygens (including phenoxy) is 1. The van der Waals surface area contributed by atoms with Crippen LogP contribution in [0.25, 0.3) is 0 Å². The van der Waals surface area contributed by atoms with Gasteiger partial charge in [0.2, 0.25) is 5.88 Å². The summed E-state index contributed by atoms with van der Waals surface area (Å²) in [6.45, 7) is 6.35. The molecule has 2 heterocycles. The normalized spacial score (nSPS) is 14.0. The second kappa shape index (κ2) is 8.49. The van der Waals surface area contributed by atoms with E-state index in [0.717, 1.165) is 11.1 Å². The summed E-state index contributed by atoms with van der Waals surface area (Å²) < 4.78 is 19.6. The van der Waals surface area contributed by atoms with Crippen molar-refractivity contribution in [1.82, 2.24) is 14.9 Å². The number of carbonyl (C=O) groups is 1. The summed E-state index contributed by atoms with van der Waals surface area (Å²) in [6, 6.07) is 14.0. The molecule has 4 rings (SSSR count). The summed E-state index contributed by atoms with van der Waals surface area (Å²) in [5, 5.41) is 0. The summed E-state index contributed by atoms with van der Waals surface area (Å²) in [5.41, 5.74) is 2.73. The lowest BCUT2D eigenvalue weighted by Gasteiger charge is -2.35. The third kappa shape index (κ3) is 4.40. The highest BCUT2D eigenvalue weighted by Gasteiger charge is 2.23. The predicted octanol–water partition coefficient (Wildman–Crippen LogP) is 3.99. The van der Waals surface area contributed by atoms with Gasteiger partial charge in [-0.15, -0.1) is 0 Å². The van der Waals surface area contributed by atoms with Crippen LogP contribution in [0.3, 0.4) is 0 Å². The molecule has 1 saturated heterocycles. The minimum absolute atomic E-state index is 0.0382. The molecule has 2 aromatic carbocycles. The topological polar surface area (TPSA) is 58.6 Å². The van der Waals surface area contributed by atoms with E-state index in [-0.39, 0.29) is 17.5 Å². The number of piperazine rings is 1. The molecule has 0 saturated carbocycles. The van der Waals surface area contributed by atoms with Gasteiger partial charge in [0.05, 0.1) is 0 Å². The lowest BCUT2D eigenvalue weighted by Crippen LogP contribution is -2.49. The molecule has 0 radical (unpaired) electrons. The molecular formula is C23H23FN4O2. The summed E-state index contributed by atoms with van der Waals surface area (Å²) in [6.07, 6.45) is 1.40. The maximum atomic E-state index is 14.0. The first-order valence-electron chi connectivity index (χ1n) is 9.86. The number of benzene rings is 2. The SMILES string of the molecule is Cc1ccc(C(=O)N2CCN(c3cc(Oc4cc(C)ccc4F)ncn3)CC2)cc1. The number of aromatic nitrogens is 2. The monoisotopic (exact) mass is 406 g/mol. The second-order valence-corrected chi connectivity index (χ2v) is 7.40. The number of carbonyl (C=O) groups excluding carboxylic acids is 1. The fourth-order valence-electron chi connectivity index (χ4n) is 3.38. The molecule has 0 spiro atoms. The van der Waals surface area contributed by atoms with Gasteiger partial charge in [-0.1, -0.05) is 23.8 Å². The molecule has 0 atom stereocenters. The first-order chi connectivity index (χ1) is 14.5. The minimum atomic E-state index is -0.441. The molecule has 0 aliphatic carbocycles. The molecule has 6 nitrogen and oxygen atoms in total. The zero-order chi connectivity index (χ0) is 21.1. The van der Waals surface area contributed by atoms with E-state index in [1.807, 2.05) is 43.0 Å². The molecule has 0 N–H and O–H groups in total. The first-order valence-corrected chi connectivity index (χ1v) is 9.86. The first kappa shape index (κ1) is 19.8. The van der Waals surface area contributed by atoms with Crippen LogP contribution in [0.1, 0.15) is 21.5 Å². The van der Waals surface area contributed by atoms with Crippen molar-refractivity contribution in [3.63, 3.8) is 0 Å².